The van der Waals surface area contributed by atoms with Crippen LogP contribution in [0.25, 0.3) is 0 Å². The average Bonchev–Trinajstić information content (AvgIpc) is 2.53. The van der Waals surface area contributed by atoms with Crippen molar-refractivity contribution >= 4 is 5.91 Å². The van der Waals surface area contributed by atoms with Crippen LogP contribution in [0.4, 0.5) is 0 Å². The molecule has 4 heteroatoms. The number of nitrogens with zero attached hydrogens (tertiary/aromatic N) is 1. The number of benzene rings is 1. The number of carbonyl (C=O) groups excluding carboxylic acids is 1. The van der Waals surface area contributed by atoms with Crippen LogP contribution in [0.3, 0.4) is 0 Å². The highest BCUT2D eigenvalue weighted by atomic mass is 16.1. The average molecular weight is 269 g/mol. The molecule has 1 aromatic carbocycles. The molecule has 2 rings (SSSR count). The number of nitrogens with one attached hydrogen (secondary N) is 1. The minimum atomic E-state index is -0.156. The number of carbonyl (C=O) groups is 1. The molecule has 0 fully saturated rings. The Morgan fingerprint density at radius 3 is 2.60 bits per heavy atom. The molecule has 4 nitrogen and oxygen atoms in total. The van der Waals surface area contributed by atoms with Gasteiger partial charge in [0.25, 0.3) is 5.91 Å². The van der Waals surface area contributed by atoms with Gasteiger partial charge in [0, 0.05) is 19.3 Å². The summed E-state index contributed by atoms with van der Waals surface area (Å²) in [5.74, 6) is 0.111. The molecule has 0 saturated heterocycles. The molecule has 0 aliphatic rings. The van der Waals surface area contributed by atoms with Gasteiger partial charge in [-0.05, 0) is 23.1 Å². The van der Waals surface area contributed by atoms with E-state index in [-0.39, 0.29) is 11.8 Å². The number of nitrogens with two attached hydrogens (primary N) is 1. The Morgan fingerprint density at radius 2 is 2.00 bits per heavy atom. The topological polar surface area (TPSA) is 68.0 Å². The third kappa shape index (κ3) is 3.65. The lowest BCUT2D eigenvalue weighted by Crippen LogP contribution is -2.28. The first-order chi connectivity index (χ1) is 9.70. The van der Waals surface area contributed by atoms with Gasteiger partial charge >= 0.3 is 0 Å². The molecule has 0 spiro atoms. The van der Waals surface area contributed by atoms with E-state index in [9.17, 15) is 4.79 Å². The molecule has 1 unspecified atom stereocenters. The quantitative estimate of drug-likeness (QED) is 0.873. The molecule has 1 atom stereocenters. The molecule has 0 saturated carbocycles. The molecule has 1 heterocycles. The number of rotatable bonds is 5. The van der Waals surface area contributed by atoms with E-state index >= 15 is 0 Å². The first-order valence-corrected chi connectivity index (χ1v) is 6.69. The van der Waals surface area contributed by atoms with E-state index in [0.717, 1.165) is 5.56 Å². The van der Waals surface area contributed by atoms with Crippen LogP contribution in [0, 0.1) is 0 Å². The van der Waals surface area contributed by atoms with Crippen molar-refractivity contribution < 1.29 is 4.79 Å². The van der Waals surface area contributed by atoms with Crippen molar-refractivity contribution in [3.8, 4) is 0 Å². The van der Waals surface area contributed by atoms with Gasteiger partial charge < -0.3 is 11.1 Å². The maximum atomic E-state index is 12.0. The summed E-state index contributed by atoms with van der Waals surface area (Å²) in [4.78, 5) is 16.1. The standard InChI is InChI=1S/C16H19N3O/c1-12(14-5-3-2-4-6-14)10-19-16(20)15-8-7-13(9-17)11-18-15/h2-8,11-12H,9-10,17H2,1H3,(H,19,20). The van der Waals surface area contributed by atoms with E-state index in [1.807, 2.05) is 24.3 Å². The highest BCUT2D eigenvalue weighted by Gasteiger charge is 2.10. The van der Waals surface area contributed by atoms with Gasteiger partial charge in [-0.25, -0.2) is 0 Å². The van der Waals surface area contributed by atoms with Crippen molar-refractivity contribution in [3.05, 3.63) is 65.5 Å². The summed E-state index contributed by atoms with van der Waals surface area (Å²) < 4.78 is 0. The summed E-state index contributed by atoms with van der Waals surface area (Å²) in [6, 6.07) is 13.6. The molecule has 1 aromatic heterocycles. The van der Waals surface area contributed by atoms with Crippen molar-refractivity contribution in [2.24, 2.45) is 5.73 Å². The summed E-state index contributed by atoms with van der Waals surface area (Å²) in [5.41, 5.74) is 8.04. The maximum absolute atomic E-state index is 12.0. The molecular formula is C16H19N3O. The zero-order valence-corrected chi connectivity index (χ0v) is 11.5. The second-order valence-corrected chi connectivity index (χ2v) is 4.78. The van der Waals surface area contributed by atoms with E-state index < -0.39 is 0 Å². The molecule has 0 aliphatic heterocycles. The minimum absolute atomic E-state index is 0.156. The fraction of sp³-hybridized carbons (Fsp3) is 0.250. The van der Waals surface area contributed by atoms with Crippen LogP contribution in [0.15, 0.2) is 48.7 Å². The normalized spacial score (nSPS) is 11.9. The summed E-state index contributed by atoms with van der Waals surface area (Å²) in [6.45, 7) is 3.10. The molecular weight excluding hydrogens is 250 g/mol. The lowest BCUT2D eigenvalue weighted by Gasteiger charge is -2.12. The Kier molecular flexibility index (Phi) is 4.85. The van der Waals surface area contributed by atoms with E-state index in [0.29, 0.717) is 18.8 Å². The SMILES string of the molecule is CC(CNC(=O)c1ccc(CN)cn1)c1ccccc1. The molecule has 1 amide bonds. The maximum Gasteiger partial charge on any atom is 0.269 e. The molecule has 3 N–H and O–H groups in total. The van der Waals surface area contributed by atoms with Crippen LogP contribution < -0.4 is 11.1 Å². The van der Waals surface area contributed by atoms with Gasteiger partial charge in [0.1, 0.15) is 5.69 Å². The molecule has 2 aromatic rings. The Labute approximate surface area is 119 Å². The van der Waals surface area contributed by atoms with E-state index in [1.54, 1.807) is 12.3 Å². The number of aromatic nitrogens is 1. The van der Waals surface area contributed by atoms with Crippen molar-refractivity contribution in [2.75, 3.05) is 6.54 Å². The molecule has 0 aliphatic carbocycles. The van der Waals surface area contributed by atoms with Crippen LogP contribution in [0.5, 0.6) is 0 Å². The highest BCUT2D eigenvalue weighted by molar-refractivity contribution is 5.92. The van der Waals surface area contributed by atoms with Crippen LogP contribution in [-0.4, -0.2) is 17.4 Å². The van der Waals surface area contributed by atoms with Crippen LogP contribution in [0.1, 0.15) is 34.5 Å². The summed E-state index contributed by atoms with van der Waals surface area (Å²) in [7, 11) is 0. The van der Waals surface area contributed by atoms with Crippen LogP contribution in [0.2, 0.25) is 0 Å². The Balaban J connectivity index is 1.91. The second kappa shape index (κ2) is 6.82. The predicted octanol–water partition coefficient (Wildman–Crippen LogP) is 2.07. The van der Waals surface area contributed by atoms with Gasteiger partial charge in [-0.3, -0.25) is 9.78 Å². The number of pyridine rings is 1. The zero-order chi connectivity index (χ0) is 14.4. The monoisotopic (exact) mass is 269 g/mol. The second-order valence-electron chi connectivity index (χ2n) is 4.78. The predicted molar refractivity (Wildman–Crippen MR) is 79.3 cm³/mol. The van der Waals surface area contributed by atoms with Gasteiger partial charge in [0.05, 0.1) is 0 Å². The number of amides is 1. The fourth-order valence-electron chi connectivity index (χ4n) is 1.92. The first-order valence-electron chi connectivity index (χ1n) is 6.69. The highest BCUT2D eigenvalue weighted by Crippen LogP contribution is 2.13. The molecule has 0 radical (unpaired) electrons. The first kappa shape index (κ1) is 14.2. The summed E-state index contributed by atoms with van der Waals surface area (Å²) in [6.07, 6.45) is 1.63. The minimum Gasteiger partial charge on any atom is -0.350 e. The third-order valence-electron chi connectivity index (χ3n) is 3.23. The Hall–Kier alpha value is -2.20. The van der Waals surface area contributed by atoms with Crippen molar-refractivity contribution in [3.63, 3.8) is 0 Å². The van der Waals surface area contributed by atoms with Crippen LogP contribution in [-0.2, 0) is 6.54 Å². The Bertz CT molecular complexity index is 552. The van der Waals surface area contributed by atoms with Gasteiger partial charge in [-0.1, -0.05) is 43.3 Å². The van der Waals surface area contributed by atoms with E-state index in [4.69, 9.17) is 5.73 Å². The molecule has 20 heavy (non-hydrogen) atoms. The lowest BCUT2D eigenvalue weighted by atomic mass is 10.0. The van der Waals surface area contributed by atoms with Gasteiger partial charge in [0.15, 0.2) is 0 Å². The smallest absolute Gasteiger partial charge is 0.269 e. The number of hydrogen-bond acceptors (Lipinski definition) is 3. The number of hydrogen-bond donors (Lipinski definition) is 2. The Morgan fingerprint density at radius 1 is 1.25 bits per heavy atom. The summed E-state index contributed by atoms with van der Waals surface area (Å²) in [5, 5.41) is 2.90. The van der Waals surface area contributed by atoms with Crippen molar-refractivity contribution in [1.29, 1.82) is 0 Å². The summed E-state index contributed by atoms with van der Waals surface area (Å²) >= 11 is 0. The van der Waals surface area contributed by atoms with Gasteiger partial charge in [-0.2, -0.15) is 0 Å². The van der Waals surface area contributed by atoms with Gasteiger partial charge in [-0.15, -0.1) is 0 Å². The van der Waals surface area contributed by atoms with Crippen molar-refractivity contribution in [1.82, 2.24) is 10.3 Å². The third-order valence-corrected chi connectivity index (χ3v) is 3.23. The van der Waals surface area contributed by atoms with E-state index in [2.05, 4.69) is 29.4 Å². The zero-order valence-electron chi connectivity index (χ0n) is 11.5. The van der Waals surface area contributed by atoms with E-state index in [1.165, 1.54) is 5.56 Å². The van der Waals surface area contributed by atoms with Crippen molar-refractivity contribution in [2.45, 2.75) is 19.4 Å². The fourth-order valence-corrected chi connectivity index (χ4v) is 1.92. The molecule has 104 valence electrons. The lowest BCUT2D eigenvalue weighted by molar-refractivity contribution is 0.0946. The molecule has 0 bridgehead atoms. The van der Waals surface area contributed by atoms with Crippen LogP contribution >= 0.6 is 0 Å². The largest absolute Gasteiger partial charge is 0.350 e. The van der Waals surface area contributed by atoms with Gasteiger partial charge in [0.2, 0.25) is 0 Å².